The predicted octanol–water partition coefficient (Wildman–Crippen LogP) is 4.81. The number of fused-ring (bicyclic) bond motifs is 3. The molecule has 0 unspecified atom stereocenters. The van der Waals surface area contributed by atoms with Gasteiger partial charge in [-0.3, -0.25) is 4.79 Å². The van der Waals surface area contributed by atoms with Crippen molar-refractivity contribution in [3.8, 4) is 0 Å². The molecule has 2 aromatic heterocycles. The summed E-state index contributed by atoms with van der Waals surface area (Å²) in [4.78, 5) is 25.2. The SMILES string of the molecule is CCn1c(C(=O)Nc2ccc(F)cc2Cl)cc2c(=O)oc3ccccc3c21. The lowest BCUT2D eigenvalue weighted by molar-refractivity contribution is 0.101. The number of carbonyl (C=O) groups is 1. The van der Waals surface area contributed by atoms with Gasteiger partial charge >= 0.3 is 5.63 Å². The minimum atomic E-state index is -0.509. The Kier molecular flexibility index (Phi) is 4.20. The molecule has 0 aliphatic heterocycles. The molecular weight excluding hydrogens is 371 g/mol. The van der Waals surface area contributed by atoms with Crippen molar-refractivity contribution in [2.75, 3.05) is 5.32 Å². The minimum Gasteiger partial charge on any atom is -0.422 e. The van der Waals surface area contributed by atoms with Crippen LogP contribution in [0.15, 0.2) is 57.7 Å². The maximum atomic E-state index is 13.2. The van der Waals surface area contributed by atoms with E-state index in [1.807, 2.05) is 19.1 Å². The second-order valence-corrected chi connectivity index (χ2v) is 6.41. The first-order valence-electron chi connectivity index (χ1n) is 8.31. The normalized spacial score (nSPS) is 11.2. The summed E-state index contributed by atoms with van der Waals surface area (Å²) in [5, 5.41) is 3.82. The highest BCUT2D eigenvalue weighted by atomic mass is 35.5. The van der Waals surface area contributed by atoms with Crippen LogP contribution in [0.25, 0.3) is 21.9 Å². The molecule has 0 spiro atoms. The van der Waals surface area contributed by atoms with E-state index in [0.717, 1.165) is 11.5 Å². The number of para-hydroxylation sites is 1. The van der Waals surface area contributed by atoms with E-state index >= 15 is 0 Å². The number of hydrogen-bond acceptors (Lipinski definition) is 3. The summed E-state index contributed by atoms with van der Waals surface area (Å²) in [6.45, 7) is 2.35. The van der Waals surface area contributed by atoms with Crippen molar-refractivity contribution in [3.05, 3.63) is 75.5 Å². The monoisotopic (exact) mass is 384 g/mol. The summed E-state index contributed by atoms with van der Waals surface area (Å²) < 4.78 is 20.3. The summed E-state index contributed by atoms with van der Waals surface area (Å²) in [6.07, 6.45) is 0. The molecular formula is C20H14ClFN2O3. The van der Waals surface area contributed by atoms with Gasteiger partial charge in [0.25, 0.3) is 5.91 Å². The maximum absolute atomic E-state index is 13.2. The van der Waals surface area contributed by atoms with Crippen LogP contribution in [0.4, 0.5) is 10.1 Å². The van der Waals surface area contributed by atoms with Gasteiger partial charge in [-0.2, -0.15) is 0 Å². The first-order valence-corrected chi connectivity index (χ1v) is 8.69. The van der Waals surface area contributed by atoms with Crippen LogP contribution >= 0.6 is 11.6 Å². The van der Waals surface area contributed by atoms with Gasteiger partial charge in [0, 0.05) is 11.9 Å². The summed E-state index contributed by atoms with van der Waals surface area (Å²) in [5.74, 6) is -0.949. The molecule has 0 atom stereocenters. The average Bonchev–Trinajstić information content (AvgIpc) is 3.05. The number of hydrogen-bond donors (Lipinski definition) is 1. The van der Waals surface area contributed by atoms with Crippen LogP contribution in [0.3, 0.4) is 0 Å². The number of aryl methyl sites for hydroxylation is 1. The van der Waals surface area contributed by atoms with Crippen LogP contribution in [0.2, 0.25) is 5.02 Å². The van der Waals surface area contributed by atoms with Crippen molar-refractivity contribution in [1.29, 1.82) is 0 Å². The minimum absolute atomic E-state index is 0.0903. The van der Waals surface area contributed by atoms with Crippen LogP contribution in [0.5, 0.6) is 0 Å². The molecule has 1 N–H and O–H groups in total. The predicted molar refractivity (Wildman–Crippen MR) is 103 cm³/mol. The highest BCUT2D eigenvalue weighted by molar-refractivity contribution is 6.34. The smallest absolute Gasteiger partial charge is 0.345 e. The van der Waals surface area contributed by atoms with Crippen LogP contribution in [0.1, 0.15) is 17.4 Å². The van der Waals surface area contributed by atoms with Crippen LogP contribution in [0, 0.1) is 5.82 Å². The Hall–Kier alpha value is -3.12. The third kappa shape index (κ3) is 2.88. The zero-order valence-electron chi connectivity index (χ0n) is 14.3. The lowest BCUT2D eigenvalue weighted by Crippen LogP contribution is -2.17. The number of halogens is 2. The van der Waals surface area contributed by atoms with Gasteiger partial charge < -0.3 is 14.3 Å². The maximum Gasteiger partial charge on any atom is 0.345 e. The quantitative estimate of drug-likeness (QED) is 0.515. The Morgan fingerprint density at radius 1 is 1.19 bits per heavy atom. The second-order valence-electron chi connectivity index (χ2n) is 6.00. The molecule has 5 nitrogen and oxygen atoms in total. The molecule has 0 saturated carbocycles. The van der Waals surface area contributed by atoms with Crippen molar-refractivity contribution in [3.63, 3.8) is 0 Å². The van der Waals surface area contributed by atoms with E-state index < -0.39 is 17.3 Å². The first kappa shape index (κ1) is 17.3. The van der Waals surface area contributed by atoms with Crippen LogP contribution in [-0.4, -0.2) is 10.5 Å². The van der Waals surface area contributed by atoms with E-state index in [0.29, 0.717) is 23.0 Å². The number of aromatic nitrogens is 1. The first-order chi connectivity index (χ1) is 13.0. The Morgan fingerprint density at radius 2 is 1.96 bits per heavy atom. The van der Waals surface area contributed by atoms with E-state index in [2.05, 4.69) is 5.32 Å². The molecule has 0 aliphatic carbocycles. The van der Waals surface area contributed by atoms with Gasteiger partial charge in [0.1, 0.15) is 17.1 Å². The average molecular weight is 385 g/mol. The molecule has 4 aromatic rings. The number of anilines is 1. The molecule has 2 heterocycles. The van der Waals surface area contributed by atoms with Crippen molar-refractivity contribution >= 4 is 45.1 Å². The van der Waals surface area contributed by atoms with Gasteiger partial charge in [0.2, 0.25) is 0 Å². The van der Waals surface area contributed by atoms with Gasteiger partial charge in [-0.25, -0.2) is 9.18 Å². The molecule has 0 saturated heterocycles. The Labute approximate surface area is 158 Å². The summed E-state index contributed by atoms with van der Waals surface area (Å²) >= 11 is 5.99. The molecule has 0 bridgehead atoms. The van der Waals surface area contributed by atoms with E-state index in [1.165, 1.54) is 18.2 Å². The van der Waals surface area contributed by atoms with Crippen molar-refractivity contribution in [1.82, 2.24) is 4.57 Å². The van der Waals surface area contributed by atoms with E-state index in [1.54, 1.807) is 16.7 Å². The highest BCUT2D eigenvalue weighted by Crippen LogP contribution is 2.28. The Bertz CT molecular complexity index is 1260. The highest BCUT2D eigenvalue weighted by Gasteiger charge is 2.20. The lowest BCUT2D eigenvalue weighted by Gasteiger charge is -2.10. The topological polar surface area (TPSA) is 64.2 Å². The third-order valence-corrected chi connectivity index (χ3v) is 4.70. The molecule has 7 heteroatoms. The molecule has 2 aromatic carbocycles. The number of amides is 1. The Morgan fingerprint density at radius 3 is 2.70 bits per heavy atom. The number of nitrogens with one attached hydrogen (secondary N) is 1. The van der Waals surface area contributed by atoms with Crippen molar-refractivity contribution in [2.45, 2.75) is 13.5 Å². The van der Waals surface area contributed by atoms with Crippen LogP contribution in [-0.2, 0) is 6.54 Å². The zero-order valence-corrected chi connectivity index (χ0v) is 15.0. The van der Waals surface area contributed by atoms with E-state index in [-0.39, 0.29) is 16.4 Å². The fourth-order valence-corrected chi connectivity index (χ4v) is 3.41. The van der Waals surface area contributed by atoms with E-state index in [9.17, 15) is 14.0 Å². The summed E-state index contributed by atoms with van der Waals surface area (Å²) in [7, 11) is 0. The van der Waals surface area contributed by atoms with Gasteiger partial charge in [-0.15, -0.1) is 0 Å². The second kappa shape index (κ2) is 6.55. The lowest BCUT2D eigenvalue weighted by atomic mass is 10.2. The van der Waals surface area contributed by atoms with Crippen molar-refractivity contribution < 1.29 is 13.6 Å². The van der Waals surface area contributed by atoms with Gasteiger partial charge in [0.15, 0.2) is 0 Å². The number of carbonyl (C=O) groups excluding carboxylic acids is 1. The molecule has 136 valence electrons. The van der Waals surface area contributed by atoms with E-state index in [4.69, 9.17) is 16.0 Å². The van der Waals surface area contributed by atoms with Crippen molar-refractivity contribution in [2.24, 2.45) is 0 Å². The van der Waals surface area contributed by atoms with Gasteiger partial charge in [0.05, 0.1) is 21.6 Å². The largest absolute Gasteiger partial charge is 0.422 e. The molecule has 4 rings (SSSR count). The fourth-order valence-electron chi connectivity index (χ4n) is 3.19. The molecule has 0 fully saturated rings. The van der Waals surface area contributed by atoms with Gasteiger partial charge in [-0.05, 0) is 43.3 Å². The fraction of sp³-hybridized carbons (Fsp3) is 0.100. The molecule has 27 heavy (non-hydrogen) atoms. The Balaban J connectivity index is 1.89. The van der Waals surface area contributed by atoms with Gasteiger partial charge in [-0.1, -0.05) is 23.7 Å². The molecule has 0 aliphatic rings. The number of rotatable bonds is 3. The number of benzene rings is 2. The zero-order chi connectivity index (χ0) is 19.1. The summed E-state index contributed by atoms with van der Waals surface area (Å²) in [6, 6.07) is 12.4. The standard InChI is InChI=1S/C20H14ClFN2O3/c1-2-24-16(19(25)23-15-8-7-11(22)9-14(15)21)10-13-18(24)12-5-3-4-6-17(12)27-20(13)26/h3-10H,2H2,1H3,(H,23,25). The summed E-state index contributed by atoms with van der Waals surface area (Å²) in [5.41, 5.74) is 1.16. The molecule has 1 amide bonds. The molecule has 0 radical (unpaired) electrons. The third-order valence-electron chi connectivity index (χ3n) is 4.39. The number of nitrogens with zero attached hydrogens (tertiary/aromatic N) is 1. The van der Waals surface area contributed by atoms with Crippen LogP contribution < -0.4 is 10.9 Å².